The van der Waals surface area contributed by atoms with E-state index in [-0.39, 0.29) is 17.0 Å². The largest absolute Gasteiger partial charge is 0.338 e. The number of aryl methyl sites for hydroxylation is 1. The topological polar surface area (TPSA) is 42.3 Å². The molecule has 1 fully saturated rings. The molecule has 0 bridgehead atoms. The fourth-order valence-corrected chi connectivity index (χ4v) is 2.03. The number of carbonyl (C=O) groups excluding carboxylic acids is 1. The van der Waals surface area contributed by atoms with E-state index in [2.05, 4.69) is 0 Å². The smallest absolute Gasteiger partial charge is 0.263 e. The molecule has 0 unspecified atom stereocenters. The highest BCUT2D eigenvalue weighted by Crippen LogP contribution is 2.11. The van der Waals surface area contributed by atoms with Gasteiger partial charge in [0.2, 0.25) is 0 Å². The SMILES string of the molecule is Cn1cccc(C(=O)N2CCCCC2)c1=O. The Morgan fingerprint density at radius 3 is 2.62 bits per heavy atom. The summed E-state index contributed by atoms with van der Waals surface area (Å²) < 4.78 is 1.44. The van der Waals surface area contributed by atoms with Gasteiger partial charge in [-0.2, -0.15) is 0 Å². The van der Waals surface area contributed by atoms with Crippen LogP contribution in [-0.2, 0) is 7.05 Å². The maximum absolute atomic E-state index is 12.1. The molecular formula is C12H16N2O2. The molecule has 0 radical (unpaired) electrons. The molecule has 0 aromatic carbocycles. The van der Waals surface area contributed by atoms with E-state index in [1.165, 1.54) is 11.0 Å². The van der Waals surface area contributed by atoms with Crippen LogP contribution in [0.1, 0.15) is 29.6 Å². The fourth-order valence-electron chi connectivity index (χ4n) is 2.03. The number of carbonyl (C=O) groups is 1. The van der Waals surface area contributed by atoms with Crippen LogP contribution in [0.15, 0.2) is 23.1 Å². The molecule has 4 nitrogen and oxygen atoms in total. The number of pyridine rings is 1. The first-order valence-corrected chi connectivity index (χ1v) is 5.65. The van der Waals surface area contributed by atoms with Crippen LogP contribution >= 0.6 is 0 Å². The normalized spacial score (nSPS) is 16.2. The van der Waals surface area contributed by atoms with Gasteiger partial charge in [-0.15, -0.1) is 0 Å². The maximum Gasteiger partial charge on any atom is 0.263 e. The van der Waals surface area contributed by atoms with Crippen molar-refractivity contribution in [1.29, 1.82) is 0 Å². The van der Waals surface area contributed by atoms with Gasteiger partial charge < -0.3 is 9.47 Å². The van der Waals surface area contributed by atoms with Crippen molar-refractivity contribution in [1.82, 2.24) is 9.47 Å². The fraction of sp³-hybridized carbons (Fsp3) is 0.500. The van der Waals surface area contributed by atoms with Gasteiger partial charge in [-0.3, -0.25) is 9.59 Å². The molecule has 2 heterocycles. The van der Waals surface area contributed by atoms with Crippen molar-refractivity contribution in [3.8, 4) is 0 Å². The van der Waals surface area contributed by atoms with E-state index in [0.29, 0.717) is 0 Å². The Morgan fingerprint density at radius 1 is 1.25 bits per heavy atom. The monoisotopic (exact) mass is 220 g/mol. The Labute approximate surface area is 94.5 Å². The Hall–Kier alpha value is -1.58. The number of hydrogen-bond donors (Lipinski definition) is 0. The zero-order valence-corrected chi connectivity index (χ0v) is 9.48. The summed E-state index contributed by atoms with van der Waals surface area (Å²) >= 11 is 0. The van der Waals surface area contributed by atoms with Gasteiger partial charge in [0, 0.05) is 26.3 Å². The summed E-state index contributed by atoms with van der Waals surface area (Å²) in [6.07, 6.45) is 4.92. The van der Waals surface area contributed by atoms with E-state index in [1.54, 1.807) is 30.3 Å². The zero-order valence-electron chi connectivity index (χ0n) is 9.48. The van der Waals surface area contributed by atoms with Gasteiger partial charge in [-0.25, -0.2) is 0 Å². The van der Waals surface area contributed by atoms with Crippen molar-refractivity contribution in [3.05, 3.63) is 34.2 Å². The average molecular weight is 220 g/mol. The van der Waals surface area contributed by atoms with E-state index >= 15 is 0 Å². The summed E-state index contributed by atoms with van der Waals surface area (Å²) in [7, 11) is 1.66. The third-order valence-electron chi connectivity index (χ3n) is 3.00. The lowest BCUT2D eigenvalue weighted by Crippen LogP contribution is -2.39. The van der Waals surface area contributed by atoms with Gasteiger partial charge in [0.15, 0.2) is 0 Å². The number of likely N-dealkylation sites (tertiary alicyclic amines) is 1. The highest BCUT2D eigenvalue weighted by atomic mass is 16.2. The molecule has 0 spiro atoms. The quantitative estimate of drug-likeness (QED) is 0.709. The number of nitrogens with zero attached hydrogens (tertiary/aromatic N) is 2. The van der Waals surface area contributed by atoms with Gasteiger partial charge in [0.05, 0.1) is 0 Å². The molecule has 16 heavy (non-hydrogen) atoms. The first-order valence-electron chi connectivity index (χ1n) is 5.65. The van der Waals surface area contributed by atoms with Crippen LogP contribution in [0.4, 0.5) is 0 Å². The first-order chi connectivity index (χ1) is 7.70. The minimum absolute atomic E-state index is 0.124. The molecule has 0 aliphatic carbocycles. The third-order valence-corrected chi connectivity index (χ3v) is 3.00. The summed E-state index contributed by atoms with van der Waals surface area (Å²) in [6, 6.07) is 3.35. The summed E-state index contributed by atoms with van der Waals surface area (Å²) in [5, 5.41) is 0. The second-order valence-electron chi connectivity index (χ2n) is 4.19. The summed E-state index contributed by atoms with van der Waals surface area (Å²) in [5.74, 6) is -0.124. The Balaban J connectivity index is 2.26. The van der Waals surface area contributed by atoms with Crippen LogP contribution in [0.3, 0.4) is 0 Å². The van der Waals surface area contributed by atoms with Gasteiger partial charge in [0.1, 0.15) is 5.56 Å². The van der Waals surface area contributed by atoms with Crippen molar-refractivity contribution in [2.75, 3.05) is 13.1 Å². The molecule has 0 saturated carbocycles. The van der Waals surface area contributed by atoms with Gasteiger partial charge in [-0.1, -0.05) is 0 Å². The number of rotatable bonds is 1. The molecule has 4 heteroatoms. The zero-order chi connectivity index (χ0) is 11.5. The Bertz CT molecular complexity index is 445. The first kappa shape index (κ1) is 10.9. The van der Waals surface area contributed by atoms with Crippen LogP contribution < -0.4 is 5.56 Å². The van der Waals surface area contributed by atoms with Crippen molar-refractivity contribution in [2.24, 2.45) is 7.05 Å². The van der Waals surface area contributed by atoms with Crippen molar-refractivity contribution in [3.63, 3.8) is 0 Å². The number of piperidine rings is 1. The molecule has 1 aliphatic heterocycles. The summed E-state index contributed by atoms with van der Waals surface area (Å²) in [5.41, 5.74) is 0.0740. The average Bonchev–Trinajstić information content (AvgIpc) is 2.33. The Kier molecular flexibility index (Phi) is 3.08. The predicted molar refractivity (Wildman–Crippen MR) is 61.4 cm³/mol. The second-order valence-corrected chi connectivity index (χ2v) is 4.19. The molecule has 0 N–H and O–H groups in total. The van der Waals surface area contributed by atoms with E-state index in [0.717, 1.165) is 25.9 Å². The number of aromatic nitrogens is 1. The molecule has 86 valence electrons. The third kappa shape index (κ3) is 2.01. The van der Waals surface area contributed by atoms with Crippen molar-refractivity contribution in [2.45, 2.75) is 19.3 Å². The predicted octanol–water partition coefficient (Wildman–Crippen LogP) is 1.01. The van der Waals surface area contributed by atoms with Crippen molar-refractivity contribution >= 4 is 5.91 Å². The molecule has 1 aromatic heterocycles. The lowest BCUT2D eigenvalue weighted by molar-refractivity contribution is 0.0722. The van der Waals surface area contributed by atoms with Gasteiger partial charge in [-0.05, 0) is 31.4 Å². The van der Waals surface area contributed by atoms with Crippen LogP contribution in [0.5, 0.6) is 0 Å². The highest BCUT2D eigenvalue weighted by Gasteiger charge is 2.20. The van der Waals surface area contributed by atoms with E-state index in [9.17, 15) is 9.59 Å². The minimum atomic E-state index is -0.210. The van der Waals surface area contributed by atoms with Crippen LogP contribution in [-0.4, -0.2) is 28.5 Å². The number of amides is 1. The van der Waals surface area contributed by atoms with Gasteiger partial charge in [0.25, 0.3) is 11.5 Å². The molecule has 1 aromatic rings. The minimum Gasteiger partial charge on any atom is -0.338 e. The molecule has 1 amide bonds. The van der Waals surface area contributed by atoms with Crippen LogP contribution in [0.2, 0.25) is 0 Å². The van der Waals surface area contributed by atoms with E-state index < -0.39 is 0 Å². The molecule has 1 aliphatic rings. The molecule has 2 rings (SSSR count). The standard InChI is InChI=1S/C12H16N2O2/c1-13-7-5-6-10(11(13)15)12(16)14-8-3-2-4-9-14/h5-7H,2-4,8-9H2,1H3. The summed E-state index contributed by atoms with van der Waals surface area (Å²) in [4.78, 5) is 25.6. The molecule has 0 atom stereocenters. The van der Waals surface area contributed by atoms with Crippen LogP contribution in [0, 0.1) is 0 Å². The van der Waals surface area contributed by atoms with Crippen LogP contribution in [0.25, 0.3) is 0 Å². The van der Waals surface area contributed by atoms with Crippen molar-refractivity contribution < 1.29 is 4.79 Å². The lowest BCUT2D eigenvalue weighted by Gasteiger charge is -2.26. The Morgan fingerprint density at radius 2 is 1.94 bits per heavy atom. The summed E-state index contributed by atoms with van der Waals surface area (Å²) in [6.45, 7) is 1.55. The molecular weight excluding hydrogens is 204 g/mol. The van der Waals surface area contributed by atoms with E-state index in [4.69, 9.17) is 0 Å². The van der Waals surface area contributed by atoms with Gasteiger partial charge >= 0.3 is 0 Å². The maximum atomic E-state index is 12.1. The number of hydrogen-bond acceptors (Lipinski definition) is 2. The molecule has 1 saturated heterocycles. The highest BCUT2D eigenvalue weighted by molar-refractivity contribution is 5.93. The second kappa shape index (κ2) is 4.51. The lowest BCUT2D eigenvalue weighted by atomic mass is 10.1. The van der Waals surface area contributed by atoms with E-state index in [1.807, 2.05) is 0 Å².